The van der Waals surface area contributed by atoms with E-state index in [0.717, 1.165) is 12.2 Å². The Hall–Kier alpha value is -1.27. The molecule has 98 valence electrons. The van der Waals surface area contributed by atoms with Gasteiger partial charge in [0.05, 0.1) is 18.8 Å². The molecule has 1 aromatic heterocycles. The summed E-state index contributed by atoms with van der Waals surface area (Å²) in [6.07, 6.45) is 0.179. The van der Waals surface area contributed by atoms with Gasteiger partial charge in [-0.1, -0.05) is 12.2 Å². The summed E-state index contributed by atoms with van der Waals surface area (Å²) in [7, 11) is 0. The first-order valence-corrected chi connectivity index (χ1v) is 6.42. The Morgan fingerprint density at radius 2 is 2.22 bits per heavy atom. The van der Waals surface area contributed by atoms with Gasteiger partial charge in [-0.25, -0.2) is 9.97 Å². The van der Waals surface area contributed by atoms with Crippen molar-refractivity contribution in [3.63, 3.8) is 0 Å². The van der Waals surface area contributed by atoms with Gasteiger partial charge in [-0.15, -0.1) is 0 Å². The zero-order valence-electron chi connectivity index (χ0n) is 10.9. The van der Waals surface area contributed by atoms with Crippen LogP contribution in [-0.4, -0.2) is 40.3 Å². The van der Waals surface area contributed by atoms with Crippen LogP contribution >= 0.6 is 12.2 Å². The molecule has 1 saturated heterocycles. The summed E-state index contributed by atoms with van der Waals surface area (Å²) < 4.78 is 5.60. The van der Waals surface area contributed by atoms with Gasteiger partial charge in [0.25, 0.3) is 0 Å². The van der Waals surface area contributed by atoms with Crippen molar-refractivity contribution in [3.8, 4) is 0 Å². The zero-order valence-corrected chi connectivity index (χ0v) is 11.7. The lowest BCUT2D eigenvalue weighted by Gasteiger charge is -2.36. The Kier molecular flexibility index (Phi) is 3.77. The molecule has 2 N–H and O–H groups in total. The van der Waals surface area contributed by atoms with E-state index in [4.69, 9.17) is 22.7 Å². The number of nitrogens with zero attached hydrogens (tertiary/aromatic N) is 3. The highest BCUT2D eigenvalue weighted by Gasteiger charge is 2.26. The number of thiocarbonyl (C=S) groups is 1. The number of aromatic nitrogens is 2. The second kappa shape index (κ2) is 5.16. The van der Waals surface area contributed by atoms with Crippen molar-refractivity contribution in [3.05, 3.63) is 17.5 Å². The molecule has 18 heavy (non-hydrogen) atoms. The highest BCUT2D eigenvalue weighted by atomic mass is 32.1. The number of ether oxygens (including phenoxy) is 1. The fourth-order valence-corrected chi connectivity index (χ4v) is 2.09. The van der Waals surface area contributed by atoms with Crippen molar-refractivity contribution < 1.29 is 4.74 Å². The van der Waals surface area contributed by atoms with Crippen LogP contribution in [0.4, 0.5) is 5.95 Å². The molecule has 1 aliphatic heterocycles. The maximum atomic E-state index is 5.64. The third-order valence-electron chi connectivity index (χ3n) is 2.96. The van der Waals surface area contributed by atoms with Crippen LogP contribution in [0.1, 0.15) is 25.2 Å². The monoisotopic (exact) mass is 266 g/mol. The van der Waals surface area contributed by atoms with E-state index in [0.29, 0.717) is 23.2 Å². The number of hydrogen-bond donors (Lipinski definition) is 1. The molecule has 2 atom stereocenters. The largest absolute Gasteiger partial charge is 0.388 e. The number of morpholine rings is 1. The Morgan fingerprint density at radius 3 is 2.89 bits per heavy atom. The summed E-state index contributed by atoms with van der Waals surface area (Å²) >= 11 is 4.98. The van der Waals surface area contributed by atoms with Gasteiger partial charge in [-0.05, 0) is 26.8 Å². The maximum absolute atomic E-state index is 5.64. The van der Waals surface area contributed by atoms with Crippen LogP contribution in [0.3, 0.4) is 0 Å². The summed E-state index contributed by atoms with van der Waals surface area (Å²) in [4.78, 5) is 11.3. The third kappa shape index (κ3) is 2.76. The zero-order chi connectivity index (χ0) is 13.3. The first-order valence-electron chi connectivity index (χ1n) is 6.01. The number of hydrogen-bond acceptors (Lipinski definition) is 5. The quantitative estimate of drug-likeness (QED) is 0.807. The van der Waals surface area contributed by atoms with Crippen LogP contribution in [-0.2, 0) is 4.74 Å². The molecule has 0 radical (unpaired) electrons. The van der Waals surface area contributed by atoms with E-state index in [2.05, 4.69) is 21.8 Å². The standard InChI is InChI=1S/C12H18N4OS/c1-7-4-10(11(13)18)15-12(14-7)16-5-9(3)17-6-8(16)2/h4,8-9H,5-6H2,1-3H3,(H2,13,18). The minimum absolute atomic E-state index is 0.179. The molecule has 1 fully saturated rings. The van der Waals surface area contributed by atoms with E-state index in [1.54, 1.807) is 6.07 Å². The lowest BCUT2D eigenvalue weighted by Crippen LogP contribution is -2.48. The predicted octanol–water partition coefficient (Wildman–Crippen LogP) is 1.03. The lowest BCUT2D eigenvalue weighted by molar-refractivity contribution is 0.0337. The van der Waals surface area contributed by atoms with E-state index in [1.165, 1.54) is 0 Å². The van der Waals surface area contributed by atoms with Gasteiger partial charge < -0.3 is 15.4 Å². The van der Waals surface area contributed by atoms with E-state index < -0.39 is 0 Å². The molecule has 0 bridgehead atoms. The van der Waals surface area contributed by atoms with E-state index in [9.17, 15) is 0 Å². The first-order chi connectivity index (χ1) is 8.47. The van der Waals surface area contributed by atoms with Crippen LogP contribution in [0, 0.1) is 6.92 Å². The molecule has 2 unspecified atom stereocenters. The van der Waals surface area contributed by atoms with Gasteiger partial charge in [0.15, 0.2) is 0 Å². The molecular weight excluding hydrogens is 248 g/mol. The molecule has 6 heteroatoms. The summed E-state index contributed by atoms with van der Waals surface area (Å²) in [6, 6.07) is 2.06. The van der Waals surface area contributed by atoms with E-state index >= 15 is 0 Å². The fourth-order valence-electron chi connectivity index (χ4n) is 1.99. The van der Waals surface area contributed by atoms with Crippen molar-refractivity contribution in [2.24, 2.45) is 5.73 Å². The molecule has 0 aromatic carbocycles. The molecule has 2 heterocycles. The Balaban J connectivity index is 2.34. The Bertz CT molecular complexity index is 465. The molecule has 5 nitrogen and oxygen atoms in total. The van der Waals surface area contributed by atoms with Crippen molar-refractivity contribution in [2.75, 3.05) is 18.1 Å². The van der Waals surface area contributed by atoms with Gasteiger partial charge in [-0.3, -0.25) is 0 Å². The number of anilines is 1. The highest BCUT2D eigenvalue weighted by Crippen LogP contribution is 2.18. The van der Waals surface area contributed by atoms with Crippen LogP contribution in [0.25, 0.3) is 0 Å². The van der Waals surface area contributed by atoms with Crippen LogP contribution in [0.15, 0.2) is 6.07 Å². The van der Waals surface area contributed by atoms with Gasteiger partial charge in [0, 0.05) is 12.2 Å². The van der Waals surface area contributed by atoms with Crippen molar-refractivity contribution in [2.45, 2.75) is 32.9 Å². The number of aryl methyl sites for hydroxylation is 1. The Labute approximate surface area is 112 Å². The van der Waals surface area contributed by atoms with Gasteiger partial charge in [0.2, 0.25) is 5.95 Å². The van der Waals surface area contributed by atoms with Crippen molar-refractivity contribution >= 4 is 23.2 Å². The molecule has 2 rings (SSSR count). The maximum Gasteiger partial charge on any atom is 0.226 e. The topological polar surface area (TPSA) is 64.3 Å². The summed E-state index contributed by atoms with van der Waals surface area (Å²) in [5.41, 5.74) is 7.13. The molecule has 0 saturated carbocycles. The average molecular weight is 266 g/mol. The molecule has 1 aromatic rings. The summed E-state index contributed by atoms with van der Waals surface area (Å²) in [5, 5.41) is 0. The minimum atomic E-state index is 0.179. The van der Waals surface area contributed by atoms with Crippen molar-refractivity contribution in [1.29, 1.82) is 0 Å². The minimum Gasteiger partial charge on any atom is -0.388 e. The second-order valence-corrected chi connectivity index (χ2v) is 5.14. The molecule has 0 amide bonds. The van der Waals surface area contributed by atoms with Crippen LogP contribution < -0.4 is 10.6 Å². The van der Waals surface area contributed by atoms with Crippen LogP contribution in [0.5, 0.6) is 0 Å². The van der Waals surface area contributed by atoms with E-state index in [-0.39, 0.29) is 12.1 Å². The van der Waals surface area contributed by atoms with Crippen molar-refractivity contribution in [1.82, 2.24) is 9.97 Å². The van der Waals surface area contributed by atoms with Gasteiger partial charge >= 0.3 is 0 Å². The first kappa shape index (κ1) is 13.2. The summed E-state index contributed by atoms with van der Waals surface area (Å²) in [6.45, 7) is 7.52. The van der Waals surface area contributed by atoms with Crippen LogP contribution in [0.2, 0.25) is 0 Å². The number of nitrogens with two attached hydrogens (primary N) is 1. The highest BCUT2D eigenvalue weighted by molar-refractivity contribution is 7.80. The Morgan fingerprint density at radius 1 is 1.50 bits per heavy atom. The fraction of sp³-hybridized carbons (Fsp3) is 0.583. The van der Waals surface area contributed by atoms with Gasteiger partial charge in [0.1, 0.15) is 10.7 Å². The second-order valence-electron chi connectivity index (χ2n) is 4.70. The smallest absolute Gasteiger partial charge is 0.226 e. The molecule has 0 spiro atoms. The normalized spacial score (nSPS) is 24.1. The lowest BCUT2D eigenvalue weighted by atomic mass is 10.2. The molecule has 1 aliphatic rings. The van der Waals surface area contributed by atoms with E-state index in [1.807, 2.05) is 13.8 Å². The average Bonchev–Trinajstić information content (AvgIpc) is 2.31. The predicted molar refractivity (Wildman–Crippen MR) is 74.9 cm³/mol. The SMILES string of the molecule is Cc1cc(C(N)=S)nc(N2CC(C)OCC2C)n1. The molecular formula is C12H18N4OS. The number of rotatable bonds is 2. The molecule has 0 aliphatic carbocycles. The third-order valence-corrected chi connectivity index (χ3v) is 3.17. The van der Waals surface area contributed by atoms with Gasteiger partial charge in [-0.2, -0.15) is 0 Å². The summed E-state index contributed by atoms with van der Waals surface area (Å²) in [5.74, 6) is 0.681.